The molecule has 0 unspecified atom stereocenters. The van der Waals surface area contributed by atoms with Crippen molar-refractivity contribution in [3.8, 4) is 0 Å². The summed E-state index contributed by atoms with van der Waals surface area (Å²) in [7, 11) is 0. The molecule has 124 valence electrons. The fourth-order valence-electron chi connectivity index (χ4n) is 3.07. The summed E-state index contributed by atoms with van der Waals surface area (Å²) >= 11 is 3.56. The molecule has 0 aliphatic rings. The third-order valence-electron chi connectivity index (χ3n) is 4.23. The molecule has 3 rings (SSSR count). The number of benzene rings is 2. The van der Waals surface area contributed by atoms with E-state index in [4.69, 9.17) is 4.74 Å². The lowest BCUT2D eigenvalue weighted by Gasteiger charge is -2.09. The van der Waals surface area contributed by atoms with Crippen LogP contribution in [-0.2, 0) is 22.5 Å². The van der Waals surface area contributed by atoms with E-state index in [1.807, 2.05) is 31.2 Å². The highest BCUT2D eigenvalue weighted by atomic mass is 79.9. The molecule has 0 saturated carbocycles. The van der Waals surface area contributed by atoms with Crippen molar-refractivity contribution in [1.82, 2.24) is 4.57 Å². The van der Waals surface area contributed by atoms with E-state index in [1.54, 1.807) is 0 Å². The highest BCUT2D eigenvalue weighted by Crippen LogP contribution is 2.30. The van der Waals surface area contributed by atoms with Crippen LogP contribution in [0.2, 0.25) is 0 Å². The molecular formula is C20H20BrNO2. The standard InChI is InChI=1S/C20H20BrNO2/c1-3-24-20(23)12-18-14(2)22(13-15-7-5-4-6-8-15)19-11-16(21)9-10-17(18)19/h4-11H,3,12-13H2,1-2H3. The van der Waals surface area contributed by atoms with E-state index in [0.717, 1.165) is 33.2 Å². The molecule has 0 bridgehead atoms. The molecule has 2 aromatic carbocycles. The van der Waals surface area contributed by atoms with Gasteiger partial charge < -0.3 is 9.30 Å². The number of ether oxygens (including phenoxy) is 1. The summed E-state index contributed by atoms with van der Waals surface area (Å²) in [6.07, 6.45) is 0.305. The Labute approximate surface area is 150 Å². The molecule has 0 aliphatic carbocycles. The van der Waals surface area contributed by atoms with E-state index in [9.17, 15) is 4.79 Å². The van der Waals surface area contributed by atoms with Gasteiger partial charge in [0.25, 0.3) is 0 Å². The van der Waals surface area contributed by atoms with Crippen LogP contribution in [0.3, 0.4) is 0 Å². The average Bonchev–Trinajstić information content (AvgIpc) is 2.81. The molecule has 3 aromatic rings. The van der Waals surface area contributed by atoms with Crippen molar-refractivity contribution in [2.45, 2.75) is 26.8 Å². The molecule has 0 saturated heterocycles. The topological polar surface area (TPSA) is 31.2 Å². The van der Waals surface area contributed by atoms with Crippen LogP contribution in [0.4, 0.5) is 0 Å². The van der Waals surface area contributed by atoms with Gasteiger partial charge in [-0.2, -0.15) is 0 Å². The first-order valence-corrected chi connectivity index (χ1v) is 8.86. The summed E-state index contributed by atoms with van der Waals surface area (Å²) in [6.45, 7) is 5.10. The molecule has 1 heterocycles. The molecule has 0 amide bonds. The van der Waals surface area contributed by atoms with Gasteiger partial charge in [-0.05, 0) is 37.1 Å². The van der Waals surface area contributed by atoms with Crippen molar-refractivity contribution in [3.63, 3.8) is 0 Å². The minimum Gasteiger partial charge on any atom is -0.466 e. The molecule has 0 aliphatic heterocycles. The Hall–Kier alpha value is -2.07. The molecule has 0 spiro atoms. The zero-order chi connectivity index (χ0) is 17.1. The average molecular weight is 386 g/mol. The van der Waals surface area contributed by atoms with E-state index in [2.05, 4.69) is 51.7 Å². The van der Waals surface area contributed by atoms with Crippen LogP contribution in [0.1, 0.15) is 23.7 Å². The Balaban J connectivity index is 2.09. The van der Waals surface area contributed by atoms with Crippen LogP contribution in [0.5, 0.6) is 0 Å². The predicted molar refractivity (Wildman–Crippen MR) is 100 cm³/mol. The van der Waals surface area contributed by atoms with Crippen LogP contribution < -0.4 is 0 Å². The number of rotatable bonds is 5. The Kier molecular flexibility index (Phi) is 5.05. The van der Waals surface area contributed by atoms with Gasteiger partial charge in [-0.25, -0.2) is 0 Å². The fraction of sp³-hybridized carbons (Fsp3) is 0.250. The second kappa shape index (κ2) is 7.22. The second-order valence-corrected chi connectivity index (χ2v) is 6.69. The first-order valence-electron chi connectivity index (χ1n) is 8.07. The fourth-order valence-corrected chi connectivity index (χ4v) is 3.42. The van der Waals surface area contributed by atoms with Crippen LogP contribution >= 0.6 is 15.9 Å². The van der Waals surface area contributed by atoms with Crippen molar-refractivity contribution in [1.29, 1.82) is 0 Å². The van der Waals surface area contributed by atoms with Gasteiger partial charge in [-0.1, -0.05) is 52.3 Å². The third kappa shape index (κ3) is 3.39. The Morgan fingerprint density at radius 3 is 2.62 bits per heavy atom. The SMILES string of the molecule is CCOC(=O)Cc1c(C)n(Cc2ccccc2)c2cc(Br)ccc12. The minimum absolute atomic E-state index is 0.178. The minimum atomic E-state index is -0.178. The summed E-state index contributed by atoms with van der Waals surface area (Å²) in [5.41, 5.74) is 4.53. The number of carbonyl (C=O) groups is 1. The van der Waals surface area contributed by atoms with Gasteiger partial charge >= 0.3 is 5.97 Å². The van der Waals surface area contributed by atoms with Crippen LogP contribution in [0.25, 0.3) is 10.9 Å². The van der Waals surface area contributed by atoms with Crippen molar-refractivity contribution >= 4 is 32.8 Å². The smallest absolute Gasteiger partial charge is 0.310 e. The lowest BCUT2D eigenvalue weighted by atomic mass is 10.1. The highest BCUT2D eigenvalue weighted by molar-refractivity contribution is 9.10. The lowest BCUT2D eigenvalue weighted by Crippen LogP contribution is -2.09. The van der Waals surface area contributed by atoms with E-state index >= 15 is 0 Å². The normalized spacial score (nSPS) is 11.0. The van der Waals surface area contributed by atoms with E-state index in [-0.39, 0.29) is 5.97 Å². The molecule has 0 radical (unpaired) electrons. The molecule has 0 N–H and O–H groups in total. The van der Waals surface area contributed by atoms with E-state index < -0.39 is 0 Å². The number of esters is 1. The van der Waals surface area contributed by atoms with Crippen molar-refractivity contribution in [3.05, 3.63) is 69.8 Å². The van der Waals surface area contributed by atoms with E-state index in [0.29, 0.717) is 13.0 Å². The number of carbonyl (C=O) groups excluding carboxylic acids is 1. The zero-order valence-corrected chi connectivity index (χ0v) is 15.5. The number of aromatic nitrogens is 1. The second-order valence-electron chi connectivity index (χ2n) is 5.78. The van der Waals surface area contributed by atoms with Gasteiger partial charge in [0.1, 0.15) is 0 Å². The van der Waals surface area contributed by atoms with Crippen LogP contribution in [0.15, 0.2) is 53.0 Å². The monoisotopic (exact) mass is 385 g/mol. The first-order chi connectivity index (χ1) is 11.6. The van der Waals surface area contributed by atoms with Crippen LogP contribution in [-0.4, -0.2) is 17.1 Å². The maximum absolute atomic E-state index is 12.0. The van der Waals surface area contributed by atoms with Gasteiger partial charge in [0.15, 0.2) is 0 Å². The zero-order valence-electron chi connectivity index (χ0n) is 13.9. The van der Waals surface area contributed by atoms with Gasteiger partial charge in [0.2, 0.25) is 0 Å². The maximum Gasteiger partial charge on any atom is 0.310 e. The summed E-state index contributed by atoms with van der Waals surface area (Å²) < 4.78 is 8.44. The number of hydrogen-bond donors (Lipinski definition) is 0. The summed E-state index contributed by atoms with van der Waals surface area (Å²) in [4.78, 5) is 12.0. The van der Waals surface area contributed by atoms with Crippen molar-refractivity contribution in [2.75, 3.05) is 6.61 Å². The van der Waals surface area contributed by atoms with Gasteiger partial charge in [0.05, 0.1) is 13.0 Å². The number of fused-ring (bicyclic) bond motifs is 1. The Bertz CT molecular complexity index is 868. The molecule has 0 atom stereocenters. The Morgan fingerprint density at radius 1 is 1.17 bits per heavy atom. The van der Waals surface area contributed by atoms with Gasteiger partial charge in [-0.15, -0.1) is 0 Å². The summed E-state index contributed by atoms with van der Waals surface area (Å²) in [6, 6.07) is 16.6. The Morgan fingerprint density at radius 2 is 1.92 bits per heavy atom. The quantitative estimate of drug-likeness (QED) is 0.586. The molecule has 3 nitrogen and oxygen atoms in total. The van der Waals surface area contributed by atoms with Gasteiger partial charge in [-0.3, -0.25) is 4.79 Å². The third-order valence-corrected chi connectivity index (χ3v) is 4.72. The molecular weight excluding hydrogens is 366 g/mol. The van der Waals surface area contributed by atoms with E-state index in [1.165, 1.54) is 5.56 Å². The van der Waals surface area contributed by atoms with Gasteiger partial charge in [0, 0.05) is 27.6 Å². The summed E-state index contributed by atoms with van der Waals surface area (Å²) in [5, 5.41) is 1.11. The van der Waals surface area contributed by atoms with Crippen LogP contribution in [0, 0.1) is 6.92 Å². The van der Waals surface area contributed by atoms with Crippen molar-refractivity contribution in [2.24, 2.45) is 0 Å². The first kappa shape index (κ1) is 16.8. The lowest BCUT2D eigenvalue weighted by molar-refractivity contribution is -0.142. The van der Waals surface area contributed by atoms with Crippen molar-refractivity contribution < 1.29 is 9.53 Å². The number of nitrogens with zero attached hydrogens (tertiary/aromatic N) is 1. The number of halogens is 1. The molecule has 24 heavy (non-hydrogen) atoms. The number of hydrogen-bond acceptors (Lipinski definition) is 2. The highest BCUT2D eigenvalue weighted by Gasteiger charge is 2.17. The summed E-state index contributed by atoms with van der Waals surface area (Å²) in [5.74, 6) is -0.178. The predicted octanol–water partition coefficient (Wildman–Crippen LogP) is 4.87. The molecule has 0 fully saturated rings. The largest absolute Gasteiger partial charge is 0.466 e. The molecule has 4 heteroatoms. The molecule has 1 aromatic heterocycles. The maximum atomic E-state index is 12.0.